The van der Waals surface area contributed by atoms with E-state index in [2.05, 4.69) is 0 Å². The minimum Gasteiger partial charge on any atom is -0.477 e. The highest BCUT2D eigenvalue weighted by Crippen LogP contribution is 2.27. The zero-order valence-electron chi connectivity index (χ0n) is 9.63. The molecule has 0 radical (unpaired) electrons. The Hall–Kier alpha value is -0.920. The lowest BCUT2D eigenvalue weighted by molar-refractivity contribution is 0.0701. The highest BCUT2D eigenvalue weighted by Gasteiger charge is 2.20. The van der Waals surface area contributed by atoms with Gasteiger partial charge in [0.25, 0.3) is 0 Å². The normalized spacial score (nSPS) is 12.0. The van der Waals surface area contributed by atoms with Crippen LogP contribution in [0.15, 0.2) is 10.3 Å². The van der Waals surface area contributed by atoms with Gasteiger partial charge in [-0.3, -0.25) is 0 Å². The standard InChI is InChI=1S/C10H15NO4S2/c1-6(2)3-4-7-5-8(17(11,14)15)16-9(7)10(12)13/h5-6H,3-4H2,1-2H3,(H,12,13)(H2,11,14,15). The van der Waals surface area contributed by atoms with Crippen LogP contribution in [-0.2, 0) is 16.4 Å². The molecule has 1 aromatic heterocycles. The average molecular weight is 277 g/mol. The summed E-state index contributed by atoms with van der Waals surface area (Å²) in [5.41, 5.74) is 0.542. The van der Waals surface area contributed by atoms with Gasteiger partial charge in [-0.15, -0.1) is 11.3 Å². The van der Waals surface area contributed by atoms with E-state index in [1.807, 2.05) is 13.8 Å². The molecule has 5 nitrogen and oxygen atoms in total. The summed E-state index contributed by atoms with van der Waals surface area (Å²) >= 11 is 0.714. The Labute approximate surface area is 104 Å². The van der Waals surface area contributed by atoms with Crippen LogP contribution >= 0.6 is 11.3 Å². The molecular formula is C10H15NO4S2. The number of thiophene rings is 1. The Morgan fingerprint density at radius 1 is 1.53 bits per heavy atom. The summed E-state index contributed by atoms with van der Waals surface area (Å²) in [4.78, 5) is 11.0. The quantitative estimate of drug-likeness (QED) is 0.855. The van der Waals surface area contributed by atoms with E-state index in [0.29, 0.717) is 29.2 Å². The third-order valence-corrected chi connectivity index (χ3v) is 4.84. The van der Waals surface area contributed by atoms with Crippen LogP contribution in [0.3, 0.4) is 0 Å². The van der Waals surface area contributed by atoms with Gasteiger partial charge >= 0.3 is 5.97 Å². The van der Waals surface area contributed by atoms with Crippen LogP contribution in [0.25, 0.3) is 0 Å². The Morgan fingerprint density at radius 3 is 2.53 bits per heavy atom. The van der Waals surface area contributed by atoms with Gasteiger partial charge in [-0.05, 0) is 30.4 Å². The molecule has 1 aromatic rings. The second-order valence-electron chi connectivity index (χ2n) is 4.20. The zero-order valence-corrected chi connectivity index (χ0v) is 11.3. The number of sulfonamides is 1. The van der Waals surface area contributed by atoms with Gasteiger partial charge < -0.3 is 5.11 Å². The minimum atomic E-state index is -3.82. The van der Waals surface area contributed by atoms with E-state index in [-0.39, 0.29) is 9.09 Å². The summed E-state index contributed by atoms with van der Waals surface area (Å²) < 4.78 is 22.2. The number of primary sulfonamides is 1. The Kier molecular flexibility index (Phi) is 4.29. The molecule has 0 spiro atoms. The van der Waals surface area contributed by atoms with Crippen LogP contribution in [0.1, 0.15) is 35.5 Å². The SMILES string of the molecule is CC(C)CCc1cc(S(N)(=O)=O)sc1C(=O)O. The maximum absolute atomic E-state index is 11.2. The van der Waals surface area contributed by atoms with Crippen LogP contribution in [0.4, 0.5) is 0 Å². The molecular weight excluding hydrogens is 262 g/mol. The Morgan fingerprint density at radius 2 is 2.12 bits per heavy atom. The topological polar surface area (TPSA) is 97.5 Å². The van der Waals surface area contributed by atoms with Crippen LogP contribution in [0, 0.1) is 5.92 Å². The molecule has 0 aromatic carbocycles. The number of carbonyl (C=O) groups is 1. The highest BCUT2D eigenvalue weighted by atomic mass is 32.2. The van der Waals surface area contributed by atoms with Crippen molar-refractivity contribution in [1.29, 1.82) is 0 Å². The van der Waals surface area contributed by atoms with E-state index in [0.717, 1.165) is 6.42 Å². The number of aromatic carboxylic acids is 1. The molecule has 0 aliphatic heterocycles. The van der Waals surface area contributed by atoms with E-state index in [1.54, 1.807) is 0 Å². The fourth-order valence-corrected chi connectivity index (χ4v) is 3.16. The van der Waals surface area contributed by atoms with Crippen molar-refractivity contribution in [3.63, 3.8) is 0 Å². The van der Waals surface area contributed by atoms with Gasteiger partial charge in [-0.1, -0.05) is 13.8 Å². The maximum atomic E-state index is 11.2. The zero-order chi connectivity index (χ0) is 13.2. The summed E-state index contributed by atoms with van der Waals surface area (Å²) in [6, 6.07) is 1.37. The number of hydrogen-bond donors (Lipinski definition) is 2. The summed E-state index contributed by atoms with van der Waals surface area (Å²) in [5.74, 6) is -0.682. The summed E-state index contributed by atoms with van der Waals surface area (Å²) in [5, 5.41) is 14.0. The lowest BCUT2D eigenvalue weighted by Gasteiger charge is -2.03. The van der Waals surface area contributed by atoms with E-state index >= 15 is 0 Å². The molecule has 1 heterocycles. The molecule has 3 N–H and O–H groups in total. The fourth-order valence-electron chi connectivity index (χ4n) is 1.35. The average Bonchev–Trinajstić information content (AvgIpc) is 2.57. The number of carboxylic acids is 1. The van der Waals surface area contributed by atoms with E-state index in [1.165, 1.54) is 6.07 Å². The predicted octanol–water partition coefficient (Wildman–Crippen LogP) is 1.68. The first-order chi connectivity index (χ1) is 7.71. The van der Waals surface area contributed by atoms with Crippen molar-refractivity contribution in [2.75, 3.05) is 0 Å². The third kappa shape index (κ3) is 3.79. The van der Waals surface area contributed by atoms with Gasteiger partial charge in [-0.25, -0.2) is 18.4 Å². The van der Waals surface area contributed by atoms with E-state index in [9.17, 15) is 13.2 Å². The molecule has 0 saturated heterocycles. The van der Waals surface area contributed by atoms with Crippen LogP contribution in [-0.4, -0.2) is 19.5 Å². The minimum absolute atomic E-state index is 0.0645. The van der Waals surface area contributed by atoms with Crippen LogP contribution < -0.4 is 5.14 Å². The number of nitrogens with two attached hydrogens (primary N) is 1. The molecule has 0 aliphatic rings. The number of hydrogen-bond acceptors (Lipinski definition) is 4. The molecule has 0 amide bonds. The van der Waals surface area contributed by atoms with Crippen LogP contribution in [0.5, 0.6) is 0 Å². The van der Waals surface area contributed by atoms with Gasteiger partial charge in [-0.2, -0.15) is 0 Å². The Balaban J connectivity index is 3.10. The molecule has 0 aliphatic carbocycles. The number of aryl methyl sites for hydroxylation is 1. The number of rotatable bonds is 5. The van der Waals surface area contributed by atoms with Gasteiger partial charge in [0.15, 0.2) is 0 Å². The van der Waals surface area contributed by atoms with Crippen LogP contribution in [0.2, 0.25) is 0 Å². The summed E-state index contributed by atoms with van der Waals surface area (Å²) in [7, 11) is -3.82. The first kappa shape index (κ1) is 14.1. The molecule has 17 heavy (non-hydrogen) atoms. The molecule has 0 atom stereocenters. The third-order valence-electron chi connectivity index (χ3n) is 2.25. The largest absolute Gasteiger partial charge is 0.477 e. The lowest BCUT2D eigenvalue weighted by Crippen LogP contribution is -2.10. The van der Waals surface area contributed by atoms with Gasteiger partial charge in [0, 0.05) is 0 Å². The summed E-state index contributed by atoms with van der Waals surface area (Å²) in [6.07, 6.45) is 1.35. The molecule has 96 valence electrons. The van der Waals surface area contributed by atoms with Gasteiger partial charge in [0.05, 0.1) is 0 Å². The number of carboxylic acid groups (broad SMARTS) is 1. The van der Waals surface area contributed by atoms with Crippen molar-refractivity contribution in [3.05, 3.63) is 16.5 Å². The van der Waals surface area contributed by atoms with Crippen molar-refractivity contribution in [2.24, 2.45) is 11.1 Å². The smallest absolute Gasteiger partial charge is 0.346 e. The maximum Gasteiger partial charge on any atom is 0.346 e. The molecule has 7 heteroatoms. The monoisotopic (exact) mass is 277 g/mol. The molecule has 1 rings (SSSR count). The summed E-state index contributed by atoms with van der Waals surface area (Å²) in [6.45, 7) is 4.04. The second kappa shape index (κ2) is 5.16. The lowest BCUT2D eigenvalue weighted by atomic mass is 10.0. The van der Waals surface area contributed by atoms with Crippen molar-refractivity contribution in [3.8, 4) is 0 Å². The molecule has 0 bridgehead atoms. The molecule has 0 saturated carbocycles. The van der Waals surface area contributed by atoms with Crippen molar-refractivity contribution in [1.82, 2.24) is 0 Å². The Bertz CT molecular complexity index is 516. The van der Waals surface area contributed by atoms with E-state index in [4.69, 9.17) is 10.2 Å². The second-order valence-corrected chi connectivity index (χ2v) is 7.04. The van der Waals surface area contributed by atoms with Crippen molar-refractivity contribution >= 4 is 27.3 Å². The van der Waals surface area contributed by atoms with Crippen molar-refractivity contribution in [2.45, 2.75) is 30.9 Å². The first-order valence-electron chi connectivity index (χ1n) is 5.10. The fraction of sp³-hybridized carbons (Fsp3) is 0.500. The van der Waals surface area contributed by atoms with Gasteiger partial charge in [0.1, 0.15) is 9.09 Å². The predicted molar refractivity (Wildman–Crippen MR) is 65.8 cm³/mol. The molecule has 0 fully saturated rings. The van der Waals surface area contributed by atoms with Crippen molar-refractivity contribution < 1.29 is 18.3 Å². The molecule has 0 unspecified atom stereocenters. The van der Waals surface area contributed by atoms with E-state index < -0.39 is 16.0 Å². The highest BCUT2D eigenvalue weighted by molar-refractivity contribution is 7.91. The van der Waals surface area contributed by atoms with Gasteiger partial charge in [0.2, 0.25) is 10.0 Å². The first-order valence-corrected chi connectivity index (χ1v) is 7.47.